The first-order valence-corrected chi connectivity index (χ1v) is 8.12. The van der Waals surface area contributed by atoms with Crippen molar-refractivity contribution in [1.29, 1.82) is 0 Å². The summed E-state index contributed by atoms with van der Waals surface area (Å²) in [5.74, 6) is -0.0265. The molecule has 1 fully saturated rings. The lowest BCUT2D eigenvalue weighted by Gasteiger charge is -2.10. The Balaban J connectivity index is 1.69. The topological polar surface area (TPSA) is 34.0 Å². The number of carbonyl (C=O) groups is 1. The maximum Gasteiger partial charge on any atom is 0.257 e. The number of carbonyl (C=O) groups excluding carboxylic acids is 1. The summed E-state index contributed by atoms with van der Waals surface area (Å²) in [7, 11) is 0. The number of benzene rings is 2. The van der Waals surface area contributed by atoms with E-state index in [1.807, 2.05) is 43.3 Å². The monoisotopic (exact) mass is 304 g/mol. The van der Waals surface area contributed by atoms with E-state index in [-0.39, 0.29) is 5.91 Å². The van der Waals surface area contributed by atoms with Gasteiger partial charge in [0.05, 0.1) is 5.56 Å². The van der Waals surface area contributed by atoms with Crippen LogP contribution in [-0.4, -0.2) is 10.5 Å². The van der Waals surface area contributed by atoms with Gasteiger partial charge in [0.15, 0.2) is 0 Å². The van der Waals surface area contributed by atoms with Crippen molar-refractivity contribution >= 4 is 22.4 Å². The molecule has 2 aromatic carbocycles. The van der Waals surface area contributed by atoms with Crippen molar-refractivity contribution < 1.29 is 4.79 Å². The second-order valence-electron chi connectivity index (χ2n) is 6.37. The summed E-state index contributed by atoms with van der Waals surface area (Å²) >= 11 is 0. The van der Waals surface area contributed by atoms with E-state index in [4.69, 9.17) is 0 Å². The summed E-state index contributed by atoms with van der Waals surface area (Å²) in [5.41, 5.74) is 3.89. The number of anilines is 1. The fourth-order valence-corrected chi connectivity index (χ4v) is 3.43. The Morgan fingerprint density at radius 3 is 2.61 bits per heavy atom. The van der Waals surface area contributed by atoms with Gasteiger partial charge in [-0.2, -0.15) is 0 Å². The third-order valence-corrected chi connectivity index (χ3v) is 4.68. The molecule has 1 aliphatic rings. The highest BCUT2D eigenvalue weighted by Gasteiger charge is 2.28. The third-order valence-electron chi connectivity index (χ3n) is 4.68. The lowest BCUT2D eigenvalue weighted by molar-refractivity contribution is 0.102. The van der Waals surface area contributed by atoms with Gasteiger partial charge in [-0.3, -0.25) is 4.79 Å². The van der Waals surface area contributed by atoms with Gasteiger partial charge in [0.1, 0.15) is 0 Å². The number of hydrogen-bond donors (Lipinski definition) is 1. The van der Waals surface area contributed by atoms with Gasteiger partial charge in [0.25, 0.3) is 5.91 Å². The van der Waals surface area contributed by atoms with Crippen molar-refractivity contribution in [2.24, 2.45) is 0 Å². The van der Waals surface area contributed by atoms with E-state index in [0.717, 1.165) is 27.7 Å². The van der Waals surface area contributed by atoms with Gasteiger partial charge in [-0.25, -0.2) is 0 Å². The number of nitrogens with one attached hydrogen (secondary N) is 1. The van der Waals surface area contributed by atoms with Crippen LogP contribution in [0.4, 0.5) is 5.69 Å². The lowest BCUT2D eigenvalue weighted by atomic mass is 10.1. The Bertz CT molecular complexity index is 898. The van der Waals surface area contributed by atoms with Gasteiger partial charge in [-0.1, -0.05) is 36.4 Å². The van der Waals surface area contributed by atoms with Gasteiger partial charge in [-0.05, 0) is 44.2 Å². The summed E-state index contributed by atoms with van der Waals surface area (Å²) in [6.07, 6.45) is 2.45. The van der Waals surface area contributed by atoms with Crippen LogP contribution in [0.3, 0.4) is 0 Å². The Morgan fingerprint density at radius 2 is 1.83 bits per heavy atom. The second-order valence-corrected chi connectivity index (χ2v) is 6.37. The van der Waals surface area contributed by atoms with Gasteiger partial charge in [-0.15, -0.1) is 0 Å². The van der Waals surface area contributed by atoms with Crippen LogP contribution in [0, 0.1) is 13.8 Å². The molecule has 4 rings (SSSR count). The minimum atomic E-state index is -0.0265. The number of fused-ring (bicyclic) bond motifs is 1. The predicted octanol–water partition coefficient (Wildman–Crippen LogP) is 4.85. The Morgan fingerprint density at radius 1 is 1.09 bits per heavy atom. The second kappa shape index (κ2) is 5.27. The van der Waals surface area contributed by atoms with Gasteiger partial charge < -0.3 is 9.88 Å². The molecule has 0 radical (unpaired) electrons. The largest absolute Gasteiger partial charge is 0.345 e. The smallest absolute Gasteiger partial charge is 0.257 e. The number of amides is 1. The quantitative estimate of drug-likeness (QED) is 0.737. The molecule has 1 aromatic heterocycles. The number of hydrogen-bond acceptors (Lipinski definition) is 1. The van der Waals surface area contributed by atoms with E-state index in [0.29, 0.717) is 6.04 Å². The molecule has 0 saturated heterocycles. The average molecular weight is 304 g/mol. The first-order chi connectivity index (χ1) is 11.1. The van der Waals surface area contributed by atoms with Crippen molar-refractivity contribution in [3.63, 3.8) is 0 Å². The molecule has 116 valence electrons. The standard InChI is InChI=1S/C20H20N2O/c1-13-12-18(14(2)22(13)16-10-11-16)20(23)21-19-9-5-7-15-6-3-4-8-17(15)19/h3-9,12,16H,10-11H2,1-2H3,(H,21,23). The molecular formula is C20H20N2O. The minimum absolute atomic E-state index is 0.0265. The summed E-state index contributed by atoms with van der Waals surface area (Å²) in [4.78, 5) is 12.8. The van der Waals surface area contributed by atoms with Gasteiger partial charge in [0, 0.05) is 28.5 Å². The van der Waals surface area contributed by atoms with Gasteiger partial charge >= 0.3 is 0 Å². The van der Waals surface area contributed by atoms with Crippen molar-refractivity contribution in [2.45, 2.75) is 32.7 Å². The van der Waals surface area contributed by atoms with E-state index in [2.05, 4.69) is 28.9 Å². The van der Waals surface area contributed by atoms with Crippen molar-refractivity contribution in [3.05, 3.63) is 65.5 Å². The highest BCUT2D eigenvalue weighted by atomic mass is 16.1. The van der Waals surface area contributed by atoms with Crippen LogP contribution in [0.15, 0.2) is 48.5 Å². The molecular weight excluding hydrogens is 284 g/mol. The molecule has 0 unspecified atom stereocenters. The summed E-state index contributed by atoms with van der Waals surface area (Å²) in [6.45, 7) is 4.13. The molecule has 1 N–H and O–H groups in total. The van der Waals surface area contributed by atoms with Crippen LogP contribution >= 0.6 is 0 Å². The van der Waals surface area contributed by atoms with Crippen molar-refractivity contribution in [1.82, 2.24) is 4.57 Å². The maximum absolute atomic E-state index is 12.8. The number of aryl methyl sites for hydroxylation is 1. The third kappa shape index (κ3) is 2.42. The molecule has 3 heteroatoms. The van der Waals surface area contributed by atoms with E-state index < -0.39 is 0 Å². The van der Waals surface area contributed by atoms with E-state index in [9.17, 15) is 4.79 Å². The molecule has 0 bridgehead atoms. The zero-order valence-corrected chi connectivity index (χ0v) is 13.5. The molecule has 0 aliphatic heterocycles. The van der Waals surface area contributed by atoms with E-state index in [1.54, 1.807) is 0 Å². The zero-order chi connectivity index (χ0) is 16.0. The van der Waals surface area contributed by atoms with Crippen LogP contribution in [0.5, 0.6) is 0 Å². The fraction of sp³-hybridized carbons (Fsp3) is 0.250. The van der Waals surface area contributed by atoms with Crippen molar-refractivity contribution in [2.75, 3.05) is 5.32 Å². The predicted molar refractivity (Wildman–Crippen MR) is 94.1 cm³/mol. The SMILES string of the molecule is Cc1cc(C(=O)Nc2cccc3ccccc23)c(C)n1C1CC1. The Labute approximate surface area is 135 Å². The highest BCUT2D eigenvalue weighted by molar-refractivity contribution is 6.09. The van der Waals surface area contributed by atoms with Gasteiger partial charge in [0.2, 0.25) is 0 Å². The molecule has 0 atom stereocenters. The molecule has 3 nitrogen and oxygen atoms in total. The molecule has 3 aromatic rings. The maximum atomic E-state index is 12.8. The average Bonchev–Trinajstić information content (AvgIpc) is 3.33. The van der Waals surface area contributed by atoms with E-state index in [1.165, 1.54) is 18.5 Å². The summed E-state index contributed by atoms with van der Waals surface area (Å²) < 4.78 is 2.30. The fourth-order valence-electron chi connectivity index (χ4n) is 3.43. The van der Waals surface area contributed by atoms with E-state index >= 15 is 0 Å². The zero-order valence-electron chi connectivity index (χ0n) is 13.5. The number of rotatable bonds is 3. The lowest BCUT2D eigenvalue weighted by Crippen LogP contribution is -2.13. The van der Waals surface area contributed by atoms with Crippen LogP contribution in [-0.2, 0) is 0 Å². The molecule has 1 aliphatic carbocycles. The highest BCUT2D eigenvalue weighted by Crippen LogP contribution is 2.38. The summed E-state index contributed by atoms with van der Waals surface area (Å²) in [6, 6.07) is 16.7. The van der Waals surface area contributed by atoms with Crippen LogP contribution < -0.4 is 5.32 Å². The molecule has 1 amide bonds. The van der Waals surface area contributed by atoms with Crippen molar-refractivity contribution in [3.8, 4) is 0 Å². The molecule has 23 heavy (non-hydrogen) atoms. The number of aromatic nitrogens is 1. The Kier molecular flexibility index (Phi) is 3.22. The molecule has 1 heterocycles. The minimum Gasteiger partial charge on any atom is -0.345 e. The first-order valence-electron chi connectivity index (χ1n) is 8.12. The molecule has 1 saturated carbocycles. The summed E-state index contributed by atoms with van der Waals surface area (Å²) in [5, 5.41) is 5.29. The first kappa shape index (κ1) is 14.1. The number of nitrogens with zero attached hydrogens (tertiary/aromatic N) is 1. The van der Waals surface area contributed by atoms with Crippen LogP contribution in [0.1, 0.15) is 40.6 Å². The van der Waals surface area contributed by atoms with Crippen LogP contribution in [0.2, 0.25) is 0 Å². The normalized spacial score (nSPS) is 14.2. The van der Waals surface area contributed by atoms with Crippen LogP contribution in [0.25, 0.3) is 10.8 Å². The Hall–Kier alpha value is -2.55. The molecule has 0 spiro atoms.